The van der Waals surface area contributed by atoms with Crippen molar-refractivity contribution in [3.05, 3.63) is 77.9 Å². The largest absolute Gasteiger partial charge is 0.616 e. The molecule has 0 aromatic heterocycles. The van der Waals surface area contributed by atoms with Gasteiger partial charge in [0.15, 0.2) is 0 Å². The summed E-state index contributed by atoms with van der Waals surface area (Å²) in [6.45, 7) is 0. The predicted octanol–water partition coefficient (Wildman–Crippen LogP) is 3.96. The molecule has 0 heterocycles. The summed E-state index contributed by atoms with van der Waals surface area (Å²) >= 11 is -1.06. The Hall–Kier alpha value is -2.01. The summed E-state index contributed by atoms with van der Waals surface area (Å²) in [5.41, 5.74) is 1.95. The summed E-state index contributed by atoms with van der Waals surface area (Å²) in [5.74, 6) is 1.10. The van der Waals surface area contributed by atoms with Gasteiger partial charge in [0.1, 0.15) is 23.4 Å². The number of rotatable bonds is 7. The fourth-order valence-corrected chi connectivity index (χ4v) is 4.21. The minimum Gasteiger partial charge on any atom is -0.616 e. The van der Waals surface area contributed by atoms with Crippen LogP contribution in [0.25, 0.3) is 10.8 Å². The van der Waals surface area contributed by atoms with Gasteiger partial charge in [0, 0.05) is 5.39 Å². The Balaban J connectivity index is 1.55. The van der Waals surface area contributed by atoms with Gasteiger partial charge in [-0.3, -0.25) is 0 Å². The van der Waals surface area contributed by atoms with Crippen molar-refractivity contribution < 1.29 is 14.8 Å². The summed E-state index contributed by atoms with van der Waals surface area (Å²) in [4.78, 5) is 0. The van der Waals surface area contributed by atoms with Gasteiger partial charge in [-0.15, -0.1) is 0 Å². The van der Waals surface area contributed by atoms with E-state index in [9.17, 15) is 14.8 Å². The Kier molecular flexibility index (Phi) is 5.97. The second-order valence-electron chi connectivity index (χ2n) is 6.13. The molecule has 0 aliphatic heterocycles. The normalized spacial score (nSPS) is 13.7. The summed E-state index contributed by atoms with van der Waals surface area (Å²) < 4.78 is 12.2. The van der Waals surface area contributed by atoms with Gasteiger partial charge in [0.05, 0.1) is 0 Å². The van der Waals surface area contributed by atoms with E-state index in [-0.39, 0.29) is 11.5 Å². The van der Waals surface area contributed by atoms with Crippen molar-refractivity contribution in [2.75, 3.05) is 11.5 Å². The molecular weight excluding hydrogens is 332 g/mol. The van der Waals surface area contributed by atoms with Gasteiger partial charge in [0.2, 0.25) is 0 Å². The van der Waals surface area contributed by atoms with Crippen LogP contribution in [0, 0.1) is 0 Å². The lowest BCUT2D eigenvalue weighted by atomic mass is 10.0. The third kappa shape index (κ3) is 4.54. The SMILES string of the molecule is [O-][S+](CCCc1cccc2c(O)cccc12)CC(O)c1ccccc1. The Morgan fingerprint density at radius 2 is 1.60 bits per heavy atom. The lowest BCUT2D eigenvalue weighted by molar-refractivity contribution is 0.201. The van der Waals surface area contributed by atoms with E-state index in [1.807, 2.05) is 60.7 Å². The second kappa shape index (κ2) is 8.39. The van der Waals surface area contributed by atoms with E-state index in [0.29, 0.717) is 5.75 Å². The van der Waals surface area contributed by atoms with Crippen LogP contribution in [0.5, 0.6) is 5.75 Å². The predicted molar refractivity (Wildman–Crippen MR) is 103 cm³/mol. The molecule has 0 aliphatic rings. The third-order valence-electron chi connectivity index (χ3n) is 4.34. The van der Waals surface area contributed by atoms with Crippen molar-refractivity contribution in [1.29, 1.82) is 0 Å². The zero-order valence-electron chi connectivity index (χ0n) is 14.0. The maximum absolute atomic E-state index is 12.2. The van der Waals surface area contributed by atoms with E-state index >= 15 is 0 Å². The van der Waals surface area contributed by atoms with Crippen LogP contribution >= 0.6 is 0 Å². The summed E-state index contributed by atoms with van der Waals surface area (Å²) in [6, 6.07) is 20.8. The fraction of sp³-hybridized carbons (Fsp3) is 0.238. The smallest absolute Gasteiger partial charge is 0.135 e. The Labute approximate surface area is 151 Å². The van der Waals surface area contributed by atoms with Crippen LogP contribution in [0.3, 0.4) is 0 Å². The van der Waals surface area contributed by atoms with E-state index in [1.165, 1.54) is 0 Å². The second-order valence-corrected chi connectivity index (χ2v) is 7.75. The lowest BCUT2D eigenvalue weighted by Gasteiger charge is -2.16. The Morgan fingerprint density at radius 3 is 2.40 bits per heavy atom. The topological polar surface area (TPSA) is 63.5 Å². The van der Waals surface area contributed by atoms with E-state index in [0.717, 1.165) is 34.7 Å². The van der Waals surface area contributed by atoms with Crippen LogP contribution in [0.1, 0.15) is 23.7 Å². The van der Waals surface area contributed by atoms with Crippen LogP contribution in [0.15, 0.2) is 66.7 Å². The van der Waals surface area contributed by atoms with Crippen LogP contribution in [-0.4, -0.2) is 26.3 Å². The van der Waals surface area contributed by atoms with Crippen molar-refractivity contribution >= 4 is 21.9 Å². The summed E-state index contributed by atoms with van der Waals surface area (Å²) in [5, 5.41) is 22.0. The number of fused-ring (bicyclic) bond motifs is 1. The van der Waals surface area contributed by atoms with E-state index < -0.39 is 17.3 Å². The highest BCUT2D eigenvalue weighted by Gasteiger charge is 2.16. The number of hydrogen-bond donors (Lipinski definition) is 2. The molecule has 2 unspecified atom stereocenters. The number of aromatic hydroxyl groups is 1. The molecule has 3 aromatic rings. The van der Waals surface area contributed by atoms with Gasteiger partial charge in [-0.2, -0.15) is 0 Å². The first-order valence-electron chi connectivity index (χ1n) is 8.43. The molecular formula is C21H22O3S. The molecule has 2 N–H and O–H groups in total. The molecule has 4 heteroatoms. The van der Waals surface area contributed by atoms with Crippen LogP contribution in [-0.2, 0) is 17.6 Å². The average molecular weight is 354 g/mol. The van der Waals surface area contributed by atoms with Crippen LogP contribution < -0.4 is 0 Å². The van der Waals surface area contributed by atoms with E-state index in [2.05, 4.69) is 0 Å². The molecule has 130 valence electrons. The standard InChI is InChI=1S/C21H22O3S/c22-20-13-5-11-18-16(9-4-12-19(18)20)10-6-14-25(24)15-21(23)17-7-2-1-3-8-17/h1-5,7-9,11-13,21-23H,6,10,14-15H2. The number of benzene rings is 3. The van der Waals surface area contributed by atoms with Crippen molar-refractivity contribution in [2.24, 2.45) is 0 Å². The number of aliphatic hydroxyl groups is 1. The number of aryl methyl sites for hydroxylation is 1. The quantitative estimate of drug-likeness (QED) is 0.631. The molecule has 0 bridgehead atoms. The first-order valence-corrected chi connectivity index (χ1v) is 9.91. The average Bonchev–Trinajstić information content (AvgIpc) is 2.63. The highest BCUT2D eigenvalue weighted by molar-refractivity contribution is 7.91. The number of hydrogen-bond acceptors (Lipinski definition) is 3. The van der Waals surface area contributed by atoms with Crippen molar-refractivity contribution in [2.45, 2.75) is 18.9 Å². The van der Waals surface area contributed by atoms with Crippen LogP contribution in [0.4, 0.5) is 0 Å². The highest BCUT2D eigenvalue weighted by Crippen LogP contribution is 2.27. The maximum atomic E-state index is 12.2. The molecule has 0 spiro atoms. The number of phenols is 1. The monoisotopic (exact) mass is 354 g/mol. The molecule has 0 aliphatic carbocycles. The summed E-state index contributed by atoms with van der Waals surface area (Å²) in [7, 11) is 0. The molecule has 2 atom stereocenters. The molecule has 0 radical (unpaired) electrons. The molecule has 25 heavy (non-hydrogen) atoms. The van der Waals surface area contributed by atoms with E-state index in [1.54, 1.807) is 6.07 Å². The maximum Gasteiger partial charge on any atom is 0.135 e. The van der Waals surface area contributed by atoms with Crippen molar-refractivity contribution in [1.82, 2.24) is 0 Å². The first-order chi connectivity index (χ1) is 12.1. The molecule has 3 aromatic carbocycles. The van der Waals surface area contributed by atoms with Gasteiger partial charge < -0.3 is 14.8 Å². The fourth-order valence-electron chi connectivity index (χ4n) is 3.03. The Bertz CT molecular complexity index is 820. The van der Waals surface area contributed by atoms with Gasteiger partial charge in [-0.1, -0.05) is 71.8 Å². The Morgan fingerprint density at radius 1 is 0.880 bits per heavy atom. The molecule has 3 nitrogen and oxygen atoms in total. The molecule has 3 rings (SSSR count). The van der Waals surface area contributed by atoms with Crippen LogP contribution in [0.2, 0.25) is 0 Å². The first kappa shape index (κ1) is 17.8. The van der Waals surface area contributed by atoms with Gasteiger partial charge >= 0.3 is 0 Å². The van der Waals surface area contributed by atoms with Gasteiger partial charge in [0.25, 0.3) is 0 Å². The zero-order chi connectivity index (χ0) is 17.6. The molecule has 0 saturated heterocycles. The molecule has 0 fully saturated rings. The molecule has 0 saturated carbocycles. The lowest BCUT2D eigenvalue weighted by Crippen LogP contribution is -2.18. The zero-order valence-corrected chi connectivity index (χ0v) is 14.8. The van der Waals surface area contributed by atoms with Gasteiger partial charge in [-0.25, -0.2) is 0 Å². The summed E-state index contributed by atoms with van der Waals surface area (Å²) in [6.07, 6.45) is 0.896. The number of phenolic OH excluding ortho intramolecular Hbond substituents is 1. The molecule has 0 amide bonds. The third-order valence-corrected chi connectivity index (χ3v) is 5.77. The minimum absolute atomic E-state index is 0.264. The van der Waals surface area contributed by atoms with Crippen molar-refractivity contribution in [3.63, 3.8) is 0 Å². The van der Waals surface area contributed by atoms with Gasteiger partial charge in [-0.05, 0) is 35.4 Å². The van der Waals surface area contributed by atoms with E-state index in [4.69, 9.17) is 0 Å². The highest BCUT2D eigenvalue weighted by atomic mass is 32.2. The van der Waals surface area contributed by atoms with Crippen molar-refractivity contribution in [3.8, 4) is 5.75 Å². The number of aliphatic hydroxyl groups excluding tert-OH is 1. The minimum atomic E-state index is -1.06.